The number of aryl methyl sites for hydroxylation is 2. The van der Waals surface area contributed by atoms with Crippen LogP contribution in [0.15, 0.2) is 65.6 Å². The average Bonchev–Trinajstić information content (AvgIpc) is 2.79. The molecule has 0 aliphatic heterocycles. The molecule has 0 spiro atoms. The molecule has 3 aromatic rings. The number of halogens is 2. The van der Waals surface area contributed by atoms with Gasteiger partial charge in [-0.1, -0.05) is 35.9 Å². The van der Waals surface area contributed by atoms with Gasteiger partial charge in [0.2, 0.25) is 5.91 Å². The van der Waals surface area contributed by atoms with Crippen LogP contribution in [0.5, 0.6) is 5.75 Å². The predicted molar refractivity (Wildman–Crippen MR) is 131 cm³/mol. The first-order chi connectivity index (χ1) is 16.0. The summed E-state index contributed by atoms with van der Waals surface area (Å²) in [6.07, 6.45) is 0. The third-order valence-corrected chi connectivity index (χ3v) is 7.57. The molecule has 0 radical (unpaired) electrons. The Morgan fingerprint density at radius 3 is 2.38 bits per heavy atom. The second kappa shape index (κ2) is 10.4. The molecule has 0 aliphatic rings. The summed E-state index contributed by atoms with van der Waals surface area (Å²) in [7, 11) is -2.83. The summed E-state index contributed by atoms with van der Waals surface area (Å²) < 4.78 is 47.1. The summed E-state index contributed by atoms with van der Waals surface area (Å²) in [6.45, 7) is 4.80. The van der Waals surface area contributed by atoms with Crippen LogP contribution >= 0.6 is 11.6 Å². The zero-order valence-electron chi connectivity index (χ0n) is 19.3. The lowest BCUT2D eigenvalue weighted by atomic mass is 10.1. The number of anilines is 1. The number of hydrogen-bond donors (Lipinski definition) is 1. The van der Waals surface area contributed by atoms with Crippen molar-refractivity contribution in [2.75, 3.05) is 18.0 Å². The molecule has 1 atom stereocenters. The quantitative estimate of drug-likeness (QED) is 0.459. The Bertz CT molecular complexity index is 1300. The minimum absolute atomic E-state index is 0.0638. The monoisotopic (exact) mass is 504 g/mol. The maximum atomic E-state index is 13.8. The molecule has 3 aromatic carbocycles. The van der Waals surface area contributed by atoms with Crippen LogP contribution < -0.4 is 14.4 Å². The maximum absolute atomic E-state index is 13.8. The van der Waals surface area contributed by atoms with E-state index in [1.165, 1.54) is 31.4 Å². The van der Waals surface area contributed by atoms with Gasteiger partial charge in [0.15, 0.2) is 0 Å². The number of rotatable bonds is 8. The number of methoxy groups -OCH3 is 1. The number of ether oxygens (including phenoxy) is 1. The van der Waals surface area contributed by atoms with Gasteiger partial charge in [-0.3, -0.25) is 9.10 Å². The normalized spacial score (nSPS) is 12.2. The van der Waals surface area contributed by atoms with E-state index in [0.29, 0.717) is 10.6 Å². The smallest absolute Gasteiger partial charge is 0.268 e. The van der Waals surface area contributed by atoms with E-state index in [-0.39, 0.29) is 22.1 Å². The predicted octanol–water partition coefficient (Wildman–Crippen LogP) is 5.18. The lowest BCUT2D eigenvalue weighted by Gasteiger charge is -2.26. The van der Waals surface area contributed by atoms with Gasteiger partial charge in [-0.15, -0.1) is 0 Å². The van der Waals surface area contributed by atoms with E-state index in [4.69, 9.17) is 16.3 Å². The Kier molecular flexibility index (Phi) is 7.84. The Labute approximate surface area is 204 Å². The molecule has 0 aliphatic carbocycles. The zero-order valence-corrected chi connectivity index (χ0v) is 20.9. The topological polar surface area (TPSA) is 75.7 Å². The van der Waals surface area contributed by atoms with Crippen LogP contribution in [0, 0.1) is 19.7 Å². The van der Waals surface area contributed by atoms with Crippen molar-refractivity contribution in [1.29, 1.82) is 0 Å². The van der Waals surface area contributed by atoms with Crippen molar-refractivity contribution in [1.82, 2.24) is 5.32 Å². The van der Waals surface area contributed by atoms with Crippen LogP contribution in [-0.4, -0.2) is 28.0 Å². The van der Waals surface area contributed by atoms with Gasteiger partial charge < -0.3 is 10.1 Å². The highest BCUT2D eigenvalue weighted by Crippen LogP contribution is 2.32. The molecular formula is C25H26ClFN2O4S. The molecule has 3 rings (SSSR count). The SMILES string of the molecule is COc1ccc(C)cc1S(=O)(=O)N(CC(=O)NC(C)c1ccc(F)cc1)c1ccc(C)c(Cl)c1. The zero-order chi connectivity index (χ0) is 25.0. The molecule has 1 amide bonds. The lowest BCUT2D eigenvalue weighted by Crippen LogP contribution is -2.41. The summed E-state index contributed by atoms with van der Waals surface area (Å²) in [4.78, 5) is 12.9. The third kappa shape index (κ3) is 5.69. The number of carbonyl (C=O) groups excluding carboxylic acids is 1. The number of nitrogens with zero attached hydrogens (tertiary/aromatic N) is 1. The van der Waals surface area contributed by atoms with Gasteiger partial charge in [-0.05, 0) is 73.9 Å². The number of sulfonamides is 1. The first kappa shape index (κ1) is 25.5. The summed E-state index contributed by atoms with van der Waals surface area (Å²) in [5, 5.41) is 3.14. The first-order valence-electron chi connectivity index (χ1n) is 10.5. The van der Waals surface area contributed by atoms with Crippen LogP contribution in [-0.2, 0) is 14.8 Å². The third-order valence-electron chi connectivity index (χ3n) is 5.37. The number of hydrogen-bond acceptors (Lipinski definition) is 4. The number of benzene rings is 3. The van der Waals surface area contributed by atoms with E-state index >= 15 is 0 Å². The fourth-order valence-corrected chi connectivity index (χ4v) is 5.24. The minimum Gasteiger partial charge on any atom is -0.495 e. The summed E-state index contributed by atoms with van der Waals surface area (Å²) in [5.74, 6) is -0.763. The van der Waals surface area contributed by atoms with Crippen molar-refractivity contribution >= 4 is 33.2 Å². The van der Waals surface area contributed by atoms with Crippen molar-refractivity contribution < 1.29 is 22.3 Å². The molecule has 1 N–H and O–H groups in total. The Morgan fingerprint density at radius 2 is 1.76 bits per heavy atom. The molecule has 0 aromatic heterocycles. The van der Waals surface area contributed by atoms with E-state index in [0.717, 1.165) is 15.4 Å². The molecule has 34 heavy (non-hydrogen) atoms. The molecule has 0 saturated heterocycles. The molecule has 0 saturated carbocycles. The molecule has 0 bridgehead atoms. The molecule has 180 valence electrons. The highest BCUT2D eigenvalue weighted by molar-refractivity contribution is 7.93. The van der Waals surface area contributed by atoms with E-state index < -0.39 is 28.5 Å². The van der Waals surface area contributed by atoms with Crippen molar-refractivity contribution in [3.63, 3.8) is 0 Å². The molecule has 1 unspecified atom stereocenters. The fraction of sp³-hybridized carbons (Fsp3) is 0.240. The standard InChI is InChI=1S/C25H26ClFN2O4S/c1-16-5-12-23(33-4)24(13-16)34(31,32)29(21-11-6-17(2)22(26)14-21)15-25(30)28-18(3)19-7-9-20(27)10-8-19/h5-14,18H,15H2,1-4H3,(H,28,30). The molecular weight excluding hydrogens is 479 g/mol. The van der Waals surface area contributed by atoms with E-state index in [1.54, 1.807) is 57.2 Å². The van der Waals surface area contributed by atoms with Crippen molar-refractivity contribution in [2.24, 2.45) is 0 Å². The van der Waals surface area contributed by atoms with Crippen LogP contribution in [0.25, 0.3) is 0 Å². The first-order valence-corrected chi connectivity index (χ1v) is 12.3. The maximum Gasteiger partial charge on any atom is 0.268 e. The van der Waals surface area contributed by atoms with Gasteiger partial charge in [0.25, 0.3) is 10.0 Å². The Morgan fingerprint density at radius 1 is 1.09 bits per heavy atom. The van der Waals surface area contributed by atoms with Gasteiger partial charge in [-0.2, -0.15) is 0 Å². The van der Waals surface area contributed by atoms with Gasteiger partial charge >= 0.3 is 0 Å². The van der Waals surface area contributed by atoms with Crippen LogP contribution in [0.3, 0.4) is 0 Å². The van der Waals surface area contributed by atoms with E-state index in [2.05, 4.69) is 5.32 Å². The van der Waals surface area contributed by atoms with E-state index in [9.17, 15) is 17.6 Å². The van der Waals surface area contributed by atoms with Gasteiger partial charge in [-0.25, -0.2) is 12.8 Å². The van der Waals surface area contributed by atoms with Crippen LogP contribution in [0.4, 0.5) is 10.1 Å². The largest absolute Gasteiger partial charge is 0.495 e. The highest BCUT2D eigenvalue weighted by atomic mass is 35.5. The lowest BCUT2D eigenvalue weighted by molar-refractivity contribution is -0.120. The van der Waals surface area contributed by atoms with Crippen molar-refractivity contribution in [2.45, 2.75) is 31.7 Å². The van der Waals surface area contributed by atoms with Crippen molar-refractivity contribution in [3.05, 3.63) is 88.2 Å². The summed E-state index contributed by atoms with van der Waals surface area (Å²) in [6, 6.07) is 14.8. The van der Waals surface area contributed by atoms with Crippen LogP contribution in [0.1, 0.15) is 29.7 Å². The van der Waals surface area contributed by atoms with Gasteiger partial charge in [0.05, 0.1) is 18.8 Å². The highest BCUT2D eigenvalue weighted by Gasteiger charge is 2.31. The molecule has 6 nitrogen and oxygen atoms in total. The Balaban J connectivity index is 1.99. The number of amides is 1. The Hall–Kier alpha value is -3.10. The molecule has 0 heterocycles. The number of nitrogens with one attached hydrogen (secondary N) is 1. The second-order valence-corrected chi connectivity index (χ2v) is 10.2. The minimum atomic E-state index is -4.21. The fourth-order valence-electron chi connectivity index (χ4n) is 3.41. The van der Waals surface area contributed by atoms with Crippen molar-refractivity contribution in [3.8, 4) is 5.75 Å². The van der Waals surface area contributed by atoms with Gasteiger partial charge in [0, 0.05) is 5.02 Å². The molecule has 0 fully saturated rings. The van der Waals surface area contributed by atoms with E-state index in [1.807, 2.05) is 0 Å². The average molecular weight is 505 g/mol. The van der Waals surface area contributed by atoms with Gasteiger partial charge in [0.1, 0.15) is 23.0 Å². The second-order valence-electron chi connectivity index (χ2n) is 7.94. The number of carbonyl (C=O) groups is 1. The molecule has 9 heteroatoms. The summed E-state index contributed by atoms with van der Waals surface area (Å²) >= 11 is 6.27. The van der Waals surface area contributed by atoms with Crippen LogP contribution in [0.2, 0.25) is 5.02 Å². The summed E-state index contributed by atoms with van der Waals surface area (Å²) in [5.41, 5.74) is 2.41.